The number of piperidine rings is 2. The lowest BCUT2D eigenvalue weighted by Gasteiger charge is -2.45. The molecule has 0 bridgehead atoms. The second-order valence-electron chi connectivity index (χ2n) is 17.0. The van der Waals surface area contributed by atoms with E-state index in [1.165, 1.54) is 56.7 Å². The molecule has 1 saturated carbocycles. The average Bonchev–Trinajstić information content (AvgIpc) is 3.73. The van der Waals surface area contributed by atoms with Crippen molar-refractivity contribution in [1.82, 2.24) is 14.7 Å². The molecule has 14 heteroatoms. The highest BCUT2D eigenvalue weighted by Gasteiger charge is 2.46. The summed E-state index contributed by atoms with van der Waals surface area (Å²) in [5, 5.41) is 9.64. The molecule has 3 saturated heterocycles. The Morgan fingerprint density at radius 3 is 1.51 bits per heavy atom. The summed E-state index contributed by atoms with van der Waals surface area (Å²) >= 11 is 18.2. The van der Waals surface area contributed by atoms with Crippen LogP contribution in [0.3, 0.4) is 0 Å². The van der Waals surface area contributed by atoms with Gasteiger partial charge in [0.25, 0.3) is 5.91 Å². The Morgan fingerprint density at radius 2 is 1.07 bits per heavy atom. The number of likely N-dealkylation sites (tertiary alicyclic amines) is 3. The van der Waals surface area contributed by atoms with Crippen molar-refractivity contribution < 1.29 is 33.8 Å². The minimum atomic E-state index is -0.956. The largest absolute Gasteiger partial charge is 0.478 e. The van der Waals surface area contributed by atoms with Gasteiger partial charge in [-0.15, -0.1) is 0 Å². The Kier molecular flexibility index (Phi) is 15.4. The third-order valence-electron chi connectivity index (χ3n) is 10.7. The molecular formula is C41H55Br2Cl2N3O7. The molecule has 3 heterocycles. The van der Waals surface area contributed by atoms with Crippen LogP contribution in [-0.2, 0) is 9.47 Å². The van der Waals surface area contributed by atoms with Crippen molar-refractivity contribution in [2.45, 2.75) is 122 Å². The van der Waals surface area contributed by atoms with Crippen LogP contribution in [0.5, 0.6) is 0 Å². The van der Waals surface area contributed by atoms with E-state index in [9.17, 15) is 19.2 Å². The highest BCUT2D eigenvalue weighted by atomic mass is 79.9. The molecule has 3 amide bonds. The predicted molar refractivity (Wildman–Crippen MR) is 223 cm³/mol. The summed E-state index contributed by atoms with van der Waals surface area (Å²) in [6.07, 6.45) is 11.0. The summed E-state index contributed by atoms with van der Waals surface area (Å²) < 4.78 is 12.2. The van der Waals surface area contributed by atoms with Crippen molar-refractivity contribution in [3.8, 4) is 0 Å². The molecule has 0 atom stereocenters. The van der Waals surface area contributed by atoms with Gasteiger partial charge in [-0.1, -0.05) is 36.0 Å². The van der Waals surface area contributed by atoms with Gasteiger partial charge in [0.05, 0.1) is 15.6 Å². The molecule has 10 nitrogen and oxygen atoms in total. The van der Waals surface area contributed by atoms with Gasteiger partial charge < -0.3 is 29.3 Å². The van der Waals surface area contributed by atoms with E-state index < -0.39 is 11.6 Å². The van der Waals surface area contributed by atoms with Crippen LogP contribution in [0.25, 0.3) is 0 Å². The summed E-state index contributed by atoms with van der Waals surface area (Å²) in [5.41, 5.74) is 0.395. The number of aromatic carboxylic acids is 1. The Morgan fingerprint density at radius 1 is 0.636 bits per heavy atom. The maximum Gasteiger partial charge on any atom is 0.410 e. The van der Waals surface area contributed by atoms with Gasteiger partial charge in [0.1, 0.15) is 11.2 Å². The van der Waals surface area contributed by atoms with Gasteiger partial charge in [0, 0.05) is 52.8 Å². The molecule has 4 fully saturated rings. The number of hydrogen-bond donors (Lipinski definition) is 1. The van der Waals surface area contributed by atoms with Crippen LogP contribution in [0.1, 0.15) is 126 Å². The lowest BCUT2D eigenvalue weighted by molar-refractivity contribution is 0.00436. The van der Waals surface area contributed by atoms with Gasteiger partial charge in [0.15, 0.2) is 0 Å². The summed E-state index contributed by atoms with van der Waals surface area (Å²) in [6, 6.07) is 9.76. The number of hydrogen-bond acceptors (Lipinski definition) is 6. The standard InChI is InChI=1S/C20H26BrClN2O3.C14H25NO2.C7H4BrClO2/c1-19(2,3)27-18(26)23-11-8-20(9-12-23)7-4-10-24(20)17(25)14-5-6-16(22)15(21)13-14;1-13(2,3)17-12(16)15-10-8-14(9-11-15)6-4-5-7-14;8-5-3-4(7(10)11)1-2-6(5)9/h5-6,13H,4,7-12H2,1-3H3;4-11H2,1-3H3;1-3H,(H,10,11). The van der Waals surface area contributed by atoms with Crippen LogP contribution in [0.15, 0.2) is 45.3 Å². The van der Waals surface area contributed by atoms with Crippen molar-refractivity contribution >= 4 is 79.1 Å². The SMILES string of the molecule is CC(C)(C)OC(=O)N1CCC2(CCCC2)CC1.CC(C)(C)OC(=O)N1CCC2(CCCN2C(=O)c2ccc(Cl)c(Br)c2)CC1.O=C(O)c1ccc(Cl)c(Br)c1. The zero-order chi connectivity index (χ0) is 40.8. The van der Waals surface area contributed by atoms with Gasteiger partial charge in [-0.05, 0) is 167 Å². The number of carboxylic acids is 1. The van der Waals surface area contributed by atoms with Crippen LogP contribution < -0.4 is 0 Å². The maximum absolute atomic E-state index is 13.1. The number of carbonyl (C=O) groups excluding carboxylic acids is 3. The molecule has 0 unspecified atom stereocenters. The zero-order valence-corrected chi connectivity index (χ0v) is 37.5. The van der Waals surface area contributed by atoms with E-state index in [2.05, 4.69) is 31.9 Å². The summed E-state index contributed by atoms with van der Waals surface area (Å²) in [6.45, 7) is 15.1. The van der Waals surface area contributed by atoms with Crippen molar-refractivity contribution in [3.63, 3.8) is 0 Å². The van der Waals surface area contributed by atoms with Crippen LogP contribution >= 0.6 is 55.1 Å². The lowest BCUT2D eigenvalue weighted by atomic mass is 9.77. The molecule has 1 aliphatic carbocycles. The molecule has 0 radical (unpaired) electrons. The Hall–Kier alpha value is -2.54. The first-order valence-electron chi connectivity index (χ1n) is 19.0. The fourth-order valence-electron chi connectivity index (χ4n) is 7.74. The van der Waals surface area contributed by atoms with Crippen molar-refractivity contribution in [3.05, 3.63) is 66.5 Å². The van der Waals surface area contributed by atoms with Crippen molar-refractivity contribution in [2.24, 2.45) is 5.41 Å². The topological polar surface area (TPSA) is 117 Å². The first kappa shape index (κ1) is 45.2. The molecule has 6 rings (SSSR count). The fraction of sp³-hybridized carbons (Fsp3) is 0.610. The second kappa shape index (κ2) is 18.8. The van der Waals surface area contributed by atoms with Crippen molar-refractivity contribution in [1.29, 1.82) is 0 Å². The van der Waals surface area contributed by atoms with E-state index in [0.717, 1.165) is 49.8 Å². The van der Waals surface area contributed by atoms with Gasteiger partial charge in [-0.2, -0.15) is 0 Å². The number of halogens is 4. The average molecular weight is 933 g/mol. The van der Waals surface area contributed by atoms with E-state index in [1.807, 2.05) is 51.3 Å². The second-order valence-corrected chi connectivity index (χ2v) is 19.5. The minimum Gasteiger partial charge on any atom is -0.478 e. The molecule has 0 aromatic heterocycles. The number of nitrogens with zero attached hydrogens (tertiary/aromatic N) is 3. The van der Waals surface area contributed by atoms with Gasteiger partial charge in [-0.3, -0.25) is 4.79 Å². The Labute approximate surface area is 352 Å². The normalized spacial score (nSPS) is 18.9. The van der Waals surface area contributed by atoms with Crippen LogP contribution in [-0.4, -0.2) is 93.3 Å². The quantitative estimate of drug-likeness (QED) is 0.319. The smallest absolute Gasteiger partial charge is 0.410 e. The summed E-state index contributed by atoms with van der Waals surface area (Å²) in [7, 11) is 0. The highest BCUT2D eigenvalue weighted by Crippen LogP contribution is 2.46. The van der Waals surface area contributed by atoms with E-state index in [0.29, 0.717) is 38.6 Å². The number of carbonyl (C=O) groups is 4. The van der Waals surface area contributed by atoms with Gasteiger partial charge in [0.2, 0.25) is 0 Å². The third kappa shape index (κ3) is 12.7. The molecule has 4 aliphatic rings. The third-order valence-corrected chi connectivity index (χ3v) is 13.1. The summed E-state index contributed by atoms with van der Waals surface area (Å²) in [4.78, 5) is 53.4. The van der Waals surface area contributed by atoms with Gasteiger partial charge in [-0.25, -0.2) is 14.4 Å². The molecule has 2 aromatic carbocycles. The van der Waals surface area contributed by atoms with E-state index in [4.69, 9.17) is 37.8 Å². The molecule has 1 N–H and O–H groups in total. The first-order chi connectivity index (χ1) is 25.6. The minimum absolute atomic E-state index is 0.0376. The monoisotopic (exact) mass is 929 g/mol. The number of ether oxygens (including phenoxy) is 2. The van der Waals surface area contributed by atoms with Crippen LogP contribution in [0, 0.1) is 5.41 Å². The van der Waals surface area contributed by atoms with E-state index in [-0.39, 0.29) is 34.8 Å². The van der Waals surface area contributed by atoms with Crippen LogP contribution in [0.4, 0.5) is 9.59 Å². The molecule has 55 heavy (non-hydrogen) atoms. The molecular weight excluding hydrogens is 877 g/mol. The number of carboxylic acid groups (broad SMARTS) is 1. The van der Waals surface area contributed by atoms with E-state index >= 15 is 0 Å². The van der Waals surface area contributed by atoms with Gasteiger partial charge >= 0.3 is 18.2 Å². The Balaban J connectivity index is 0.000000204. The fourth-order valence-corrected chi connectivity index (χ4v) is 8.73. The molecule has 2 aromatic rings. The maximum atomic E-state index is 13.1. The highest BCUT2D eigenvalue weighted by molar-refractivity contribution is 9.10. The van der Waals surface area contributed by atoms with Crippen molar-refractivity contribution in [2.75, 3.05) is 32.7 Å². The molecule has 3 aliphatic heterocycles. The summed E-state index contributed by atoms with van der Waals surface area (Å²) in [5.74, 6) is -0.919. The lowest BCUT2D eigenvalue weighted by Crippen LogP contribution is -2.55. The molecule has 2 spiro atoms. The number of amides is 3. The predicted octanol–water partition coefficient (Wildman–Crippen LogP) is 11.5. The van der Waals surface area contributed by atoms with Crippen LogP contribution in [0.2, 0.25) is 10.0 Å². The number of rotatable bonds is 2. The number of benzene rings is 2. The van der Waals surface area contributed by atoms with E-state index in [1.54, 1.807) is 23.1 Å². The zero-order valence-electron chi connectivity index (χ0n) is 32.8. The Bertz CT molecular complexity index is 1690. The molecule has 304 valence electrons. The first-order valence-corrected chi connectivity index (χ1v) is 21.4.